The quantitative estimate of drug-likeness (QED) is 0.781. The highest BCUT2D eigenvalue weighted by Crippen LogP contribution is 2.21. The molecular formula is C20H19N3O2. The topological polar surface area (TPSA) is 64.0 Å². The highest BCUT2D eigenvalue weighted by atomic mass is 16.2. The number of nitrogens with zero attached hydrogens (tertiary/aromatic N) is 2. The summed E-state index contributed by atoms with van der Waals surface area (Å²) in [6, 6.07) is 16.2. The van der Waals surface area contributed by atoms with Crippen LogP contribution in [-0.2, 0) is 6.54 Å². The zero-order valence-corrected chi connectivity index (χ0v) is 13.9. The van der Waals surface area contributed by atoms with Gasteiger partial charge in [0, 0.05) is 36.8 Å². The Morgan fingerprint density at radius 1 is 1.08 bits per heavy atom. The number of hydrogen-bond acceptors (Lipinski definition) is 3. The second-order valence-corrected chi connectivity index (χ2v) is 5.64. The fourth-order valence-electron chi connectivity index (χ4n) is 2.69. The first-order valence-electron chi connectivity index (χ1n) is 8.15. The maximum Gasteiger partial charge on any atom is 0.252 e. The first-order valence-corrected chi connectivity index (χ1v) is 8.15. The molecule has 1 atom stereocenters. The van der Waals surface area contributed by atoms with E-state index in [4.69, 9.17) is 0 Å². The van der Waals surface area contributed by atoms with Gasteiger partial charge in [0.05, 0.1) is 6.04 Å². The largest absolute Gasteiger partial charge is 0.341 e. The molecule has 3 aromatic rings. The lowest BCUT2D eigenvalue weighted by Gasteiger charge is -2.20. The lowest BCUT2D eigenvalue weighted by Crippen LogP contribution is -2.31. The van der Waals surface area contributed by atoms with Crippen LogP contribution in [0.4, 0.5) is 0 Å². The van der Waals surface area contributed by atoms with Gasteiger partial charge in [0.2, 0.25) is 0 Å². The summed E-state index contributed by atoms with van der Waals surface area (Å²) in [7, 11) is 0. The van der Waals surface area contributed by atoms with Gasteiger partial charge >= 0.3 is 0 Å². The number of carbonyl (C=O) groups excluding carboxylic acids is 1. The van der Waals surface area contributed by atoms with Crippen molar-refractivity contribution in [1.82, 2.24) is 14.9 Å². The molecule has 0 saturated heterocycles. The SMILES string of the molecule is CCn1ccc(C(=O)N[C@H](c2ccccc2)c2ccncc2)cc1=O. The molecule has 5 heteroatoms. The Labute approximate surface area is 146 Å². The van der Waals surface area contributed by atoms with E-state index in [9.17, 15) is 9.59 Å². The van der Waals surface area contributed by atoms with Gasteiger partial charge in [-0.2, -0.15) is 0 Å². The van der Waals surface area contributed by atoms with Crippen molar-refractivity contribution >= 4 is 5.91 Å². The fourth-order valence-corrected chi connectivity index (χ4v) is 2.69. The number of nitrogens with one attached hydrogen (secondary N) is 1. The predicted molar refractivity (Wildman–Crippen MR) is 96.4 cm³/mol. The molecule has 2 heterocycles. The van der Waals surface area contributed by atoms with Gasteiger partial charge in [-0.1, -0.05) is 30.3 Å². The standard InChI is InChI=1S/C20H19N3O2/c1-2-23-13-10-17(14-18(23)24)20(25)22-19(15-6-4-3-5-7-15)16-8-11-21-12-9-16/h3-14,19H,2H2,1H3,(H,22,25)/t19-/m1/s1. The summed E-state index contributed by atoms with van der Waals surface area (Å²) in [4.78, 5) is 28.7. The minimum absolute atomic E-state index is 0.185. The third kappa shape index (κ3) is 3.83. The van der Waals surface area contributed by atoms with Crippen molar-refractivity contribution in [1.29, 1.82) is 0 Å². The average Bonchev–Trinajstić information content (AvgIpc) is 2.67. The van der Waals surface area contributed by atoms with Gasteiger partial charge in [-0.15, -0.1) is 0 Å². The second-order valence-electron chi connectivity index (χ2n) is 5.64. The normalized spacial score (nSPS) is 11.7. The van der Waals surface area contributed by atoms with E-state index in [1.54, 1.807) is 29.2 Å². The van der Waals surface area contributed by atoms with Gasteiger partial charge in [0.25, 0.3) is 11.5 Å². The summed E-state index contributed by atoms with van der Waals surface area (Å²) >= 11 is 0. The van der Waals surface area contributed by atoms with Gasteiger partial charge < -0.3 is 9.88 Å². The third-order valence-electron chi connectivity index (χ3n) is 4.05. The molecule has 0 fully saturated rings. The molecule has 2 aromatic heterocycles. The first-order chi connectivity index (χ1) is 12.2. The fraction of sp³-hybridized carbons (Fsp3) is 0.150. The van der Waals surface area contributed by atoms with Crippen molar-refractivity contribution in [2.75, 3.05) is 0 Å². The van der Waals surface area contributed by atoms with Crippen molar-refractivity contribution in [3.8, 4) is 0 Å². The molecule has 0 spiro atoms. The molecule has 0 aliphatic carbocycles. The van der Waals surface area contributed by atoms with Gasteiger partial charge in [-0.25, -0.2) is 0 Å². The maximum atomic E-state index is 12.7. The number of amides is 1. The Balaban J connectivity index is 1.92. The van der Waals surface area contributed by atoms with Crippen LogP contribution in [0.25, 0.3) is 0 Å². The summed E-state index contributed by atoms with van der Waals surface area (Å²) in [5, 5.41) is 3.02. The zero-order chi connectivity index (χ0) is 17.6. The molecule has 0 aliphatic rings. The van der Waals surface area contributed by atoms with Crippen molar-refractivity contribution in [2.45, 2.75) is 19.5 Å². The Bertz CT molecular complexity index is 865. The molecule has 25 heavy (non-hydrogen) atoms. The molecule has 0 aliphatic heterocycles. The van der Waals surface area contributed by atoms with Gasteiger partial charge in [0.1, 0.15) is 0 Å². The van der Waals surface area contributed by atoms with E-state index in [0.29, 0.717) is 12.1 Å². The monoisotopic (exact) mass is 333 g/mol. The smallest absolute Gasteiger partial charge is 0.252 e. The van der Waals surface area contributed by atoms with E-state index < -0.39 is 0 Å². The highest BCUT2D eigenvalue weighted by Gasteiger charge is 2.18. The molecule has 0 bridgehead atoms. The van der Waals surface area contributed by atoms with Crippen molar-refractivity contribution in [2.24, 2.45) is 0 Å². The number of pyridine rings is 2. The Morgan fingerprint density at radius 2 is 1.76 bits per heavy atom. The van der Waals surface area contributed by atoms with Crippen molar-refractivity contribution in [3.05, 3.63) is 100 Å². The third-order valence-corrected chi connectivity index (χ3v) is 4.05. The van der Waals surface area contributed by atoms with Crippen LogP contribution in [0.1, 0.15) is 34.5 Å². The van der Waals surface area contributed by atoms with E-state index in [-0.39, 0.29) is 17.5 Å². The Hall–Kier alpha value is -3.21. The summed E-state index contributed by atoms with van der Waals surface area (Å²) in [6.45, 7) is 2.46. The van der Waals surface area contributed by atoms with Gasteiger partial charge in [-0.05, 0) is 36.2 Å². The number of carbonyl (C=O) groups is 1. The van der Waals surface area contributed by atoms with Crippen LogP contribution in [0.15, 0.2) is 78.0 Å². The van der Waals surface area contributed by atoms with Crippen LogP contribution in [0.2, 0.25) is 0 Å². The molecule has 1 amide bonds. The second kappa shape index (κ2) is 7.57. The molecule has 0 saturated carbocycles. The van der Waals surface area contributed by atoms with E-state index in [0.717, 1.165) is 11.1 Å². The van der Waals surface area contributed by atoms with E-state index in [1.165, 1.54) is 6.07 Å². The van der Waals surface area contributed by atoms with Crippen LogP contribution >= 0.6 is 0 Å². The number of rotatable bonds is 5. The Kier molecular flexibility index (Phi) is 5.04. The van der Waals surface area contributed by atoms with Gasteiger partial charge in [0.15, 0.2) is 0 Å². The van der Waals surface area contributed by atoms with Gasteiger partial charge in [-0.3, -0.25) is 14.6 Å². The predicted octanol–water partition coefficient (Wildman–Crippen LogP) is 2.78. The molecule has 1 N–H and O–H groups in total. The van der Waals surface area contributed by atoms with Crippen molar-refractivity contribution in [3.63, 3.8) is 0 Å². The first kappa shape index (κ1) is 16.6. The lowest BCUT2D eigenvalue weighted by molar-refractivity contribution is 0.0942. The van der Waals surface area contributed by atoms with Crippen LogP contribution in [0.5, 0.6) is 0 Å². The minimum atomic E-state index is -0.315. The molecule has 126 valence electrons. The molecule has 0 radical (unpaired) electrons. The summed E-state index contributed by atoms with van der Waals surface area (Å²) in [5.74, 6) is -0.286. The summed E-state index contributed by atoms with van der Waals surface area (Å²) in [6.07, 6.45) is 5.03. The molecule has 0 unspecified atom stereocenters. The number of aromatic nitrogens is 2. The van der Waals surface area contributed by atoms with Crippen LogP contribution in [-0.4, -0.2) is 15.5 Å². The van der Waals surface area contributed by atoms with Crippen LogP contribution in [0, 0.1) is 0 Å². The molecular weight excluding hydrogens is 314 g/mol. The lowest BCUT2D eigenvalue weighted by atomic mass is 9.99. The maximum absolute atomic E-state index is 12.7. The van der Waals surface area contributed by atoms with E-state index >= 15 is 0 Å². The van der Waals surface area contributed by atoms with Crippen LogP contribution < -0.4 is 10.9 Å². The molecule has 5 nitrogen and oxygen atoms in total. The number of hydrogen-bond donors (Lipinski definition) is 1. The Morgan fingerprint density at radius 3 is 2.40 bits per heavy atom. The summed E-state index contributed by atoms with van der Waals surface area (Å²) < 4.78 is 1.55. The molecule has 3 rings (SSSR count). The summed E-state index contributed by atoms with van der Waals surface area (Å²) in [5.41, 5.74) is 2.06. The van der Waals surface area contributed by atoms with E-state index in [2.05, 4.69) is 10.3 Å². The number of aryl methyl sites for hydroxylation is 1. The average molecular weight is 333 g/mol. The van der Waals surface area contributed by atoms with Crippen molar-refractivity contribution < 1.29 is 4.79 Å². The zero-order valence-electron chi connectivity index (χ0n) is 13.9. The number of benzene rings is 1. The minimum Gasteiger partial charge on any atom is -0.341 e. The highest BCUT2D eigenvalue weighted by molar-refractivity contribution is 5.94. The molecule has 1 aromatic carbocycles. The van der Waals surface area contributed by atoms with Crippen LogP contribution in [0.3, 0.4) is 0 Å². The van der Waals surface area contributed by atoms with E-state index in [1.807, 2.05) is 49.4 Å².